The zero-order chi connectivity index (χ0) is 9.03. The van der Waals surface area contributed by atoms with Crippen molar-refractivity contribution in [1.82, 2.24) is 5.32 Å². The van der Waals surface area contributed by atoms with Gasteiger partial charge in [0.05, 0.1) is 13.2 Å². The Balaban J connectivity index is 1.98. The molecule has 1 aliphatic carbocycles. The topological polar surface area (TPSA) is 38.3 Å². The van der Waals surface area contributed by atoms with Gasteiger partial charge in [-0.1, -0.05) is 6.92 Å². The molecule has 0 heterocycles. The summed E-state index contributed by atoms with van der Waals surface area (Å²) in [6, 6.07) is 0. The van der Waals surface area contributed by atoms with Gasteiger partial charge in [-0.05, 0) is 25.2 Å². The van der Waals surface area contributed by atoms with E-state index >= 15 is 0 Å². The molecule has 3 heteroatoms. The van der Waals surface area contributed by atoms with Gasteiger partial charge in [-0.2, -0.15) is 0 Å². The number of ether oxygens (including phenoxy) is 1. The van der Waals surface area contributed by atoms with E-state index in [1.54, 1.807) is 0 Å². The van der Waals surface area contributed by atoms with Crippen molar-refractivity contribution in [3.63, 3.8) is 0 Å². The predicted octanol–water partition coefficient (Wildman–Crippen LogP) is 0.939. The lowest BCUT2D eigenvalue weighted by molar-refractivity contribution is -0.142. The van der Waals surface area contributed by atoms with Crippen LogP contribution in [0.2, 0.25) is 0 Å². The van der Waals surface area contributed by atoms with Crippen LogP contribution in [0.3, 0.4) is 0 Å². The van der Waals surface area contributed by atoms with E-state index in [2.05, 4.69) is 12.2 Å². The summed E-state index contributed by atoms with van der Waals surface area (Å²) in [6.45, 7) is 5.80. The van der Waals surface area contributed by atoms with E-state index < -0.39 is 0 Å². The number of esters is 1. The van der Waals surface area contributed by atoms with E-state index in [9.17, 15) is 4.79 Å². The Morgan fingerprint density at radius 2 is 2.25 bits per heavy atom. The molecule has 0 radical (unpaired) electrons. The molecule has 0 amide bonds. The molecule has 1 fully saturated rings. The van der Waals surface area contributed by atoms with Gasteiger partial charge in [0.25, 0.3) is 0 Å². The quantitative estimate of drug-likeness (QED) is 0.626. The normalized spacial score (nSPS) is 18.8. The predicted molar refractivity (Wildman–Crippen MR) is 46.8 cm³/mol. The highest BCUT2D eigenvalue weighted by Crippen LogP contribution is 2.43. The minimum absolute atomic E-state index is 0.151. The van der Waals surface area contributed by atoms with Gasteiger partial charge in [0.15, 0.2) is 0 Å². The Kier molecular flexibility index (Phi) is 3.09. The van der Waals surface area contributed by atoms with Crippen LogP contribution in [0.4, 0.5) is 0 Å². The number of carbonyl (C=O) groups excluding carboxylic acids is 1. The lowest BCUT2D eigenvalue weighted by Crippen LogP contribution is -2.29. The summed E-state index contributed by atoms with van der Waals surface area (Å²) in [4.78, 5) is 10.9. The first-order valence-electron chi connectivity index (χ1n) is 4.53. The van der Waals surface area contributed by atoms with Gasteiger partial charge in [0, 0.05) is 6.54 Å². The number of hydrogen-bond acceptors (Lipinski definition) is 3. The fourth-order valence-electron chi connectivity index (χ4n) is 1.07. The molecule has 0 bridgehead atoms. The monoisotopic (exact) mass is 171 g/mol. The Bertz CT molecular complexity index is 164. The van der Waals surface area contributed by atoms with Crippen LogP contribution in [0.1, 0.15) is 26.7 Å². The summed E-state index contributed by atoms with van der Waals surface area (Å²) in [5.41, 5.74) is 0.465. The summed E-state index contributed by atoms with van der Waals surface area (Å²) >= 11 is 0. The maximum absolute atomic E-state index is 10.9. The average Bonchev–Trinajstić information content (AvgIpc) is 2.69. The molecule has 0 saturated heterocycles. The van der Waals surface area contributed by atoms with Crippen molar-refractivity contribution >= 4 is 5.97 Å². The molecular formula is C9H17NO2. The first-order valence-corrected chi connectivity index (χ1v) is 4.53. The van der Waals surface area contributed by atoms with Crippen molar-refractivity contribution < 1.29 is 9.53 Å². The molecule has 70 valence electrons. The van der Waals surface area contributed by atoms with Gasteiger partial charge < -0.3 is 10.1 Å². The smallest absolute Gasteiger partial charge is 0.319 e. The summed E-state index contributed by atoms with van der Waals surface area (Å²) in [5, 5.41) is 3.10. The fourth-order valence-corrected chi connectivity index (χ4v) is 1.07. The molecule has 12 heavy (non-hydrogen) atoms. The van der Waals surface area contributed by atoms with Gasteiger partial charge >= 0.3 is 5.97 Å². The minimum atomic E-state index is -0.151. The molecule has 0 aromatic heterocycles. The molecule has 0 aromatic rings. The molecule has 1 rings (SSSR count). The SMILES string of the molecule is CCOC(=O)CNCC1(C)CC1. The van der Waals surface area contributed by atoms with Crippen LogP contribution in [0.5, 0.6) is 0 Å². The van der Waals surface area contributed by atoms with Crippen LogP contribution in [0, 0.1) is 5.41 Å². The van der Waals surface area contributed by atoms with Crippen LogP contribution >= 0.6 is 0 Å². The van der Waals surface area contributed by atoms with Gasteiger partial charge in [-0.15, -0.1) is 0 Å². The Hall–Kier alpha value is -0.570. The standard InChI is InChI=1S/C9H17NO2/c1-3-12-8(11)6-10-7-9(2)4-5-9/h10H,3-7H2,1-2H3. The second-order valence-electron chi connectivity index (χ2n) is 3.72. The molecule has 1 aliphatic rings. The van der Waals surface area contributed by atoms with E-state index in [1.807, 2.05) is 6.92 Å². The maximum atomic E-state index is 10.9. The molecule has 0 aliphatic heterocycles. The zero-order valence-corrected chi connectivity index (χ0v) is 7.85. The van der Waals surface area contributed by atoms with Gasteiger partial charge in [-0.25, -0.2) is 0 Å². The molecular weight excluding hydrogens is 154 g/mol. The van der Waals surface area contributed by atoms with E-state index in [-0.39, 0.29) is 5.97 Å². The average molecular weight is 171 g/mol. The molecule has 0 spiro atoms. The van der Waals surface area contributed by atoms with Crippen LogP contribution in [-0.2, 0) is 9.53 Å². The molecule has 0 aromatic carbocycles. The number of nitrogens with one attached hydrogen (secondary N) is 1. The fraction of sp³-hybridized carbons (Fsp3) is 0.889. The van der Waals surface area contributed by atoms with E-state index in [1.165, 1.54) is 12.8 Å². The summed E-state index contributed by atoms with van der Waals surface area (Å²) in [5.74, 6) is -0.151. The highest BCUT2D eigenvalue weighted by atomic mass is 16.5. The Morgan fingerprint density at radius 1 is 1.58 bits per heavy atom. The van der Waals surface area contributed by atoms with Crippen molar-refractivity contribution in [2.24, 2.45) is 5.41 Å². The van der Waals surface area contributed by atoms with E-state index in [0.717, 1.165) is 6.54 Å². The summed E-state index contributed by atoms with van der Waals surface area (Å²) in [6.07, 6.45) is 2.56. The van der Waals surface area contributed by atoms with Crippen molar-refractivity contribution in [3.05, 3.63) is 0 Å². The van der Waals surface area contributed by atoms with Crippen molar-refractivity contribution in [2.75, 3.05) is 19.7 Å². The lowest BCUT2D eigenvalue weighted by atomic mass is 10.1. The highest BCUT2D eigenvalue weighted by molar-refractivity contribution is 5.71. The second kappa shape index (κ2) is 3.90. The van der Waals surface area contributed by atoms with E-state index in [4.69, 9.17) is 4.74 Å². The molecule has 1 saturated carbocycles. The first kappa shape index (κ1) is 9.52. The number of carbonyl (C=O) groups is 1. The third kappa shape index (κ3) is 3.22. The number of hydrogen-bond donors (Lipinski definition) is 1. The summed E-state index contributed by atoms with van der Waals surface area (Å²) in [7, 11) is 0. The largest absolute Gasteiger partial charge is 0.465 e. The third-order valence-electron chi connectivity index (χ3n) is 2.23. The van der Waals surface area contributed by atoms with Crippen molar-refractivity contribution in [1.29, 1.82) is 0 Å². The van der Waals surface area contributed by atoms with Crippen LogP contribution in [0.15, 0.2) is 0 Å². The Labute approximate surface area is 73.5 Å². The Morgan fingerprint density at radius 3 is 2.75 bits per heavy atom. The summed E-state index contributed by atoms with van der Waals surface area (Å²) < 4.78 is 4.78. The van der Waals surface area contributed by atoms with Gasteiger partial charge in [0.2, 0.25) is 0 Å². The van der Waals surface area contributed by atoms with Crippen LogP contribution in [-0.4, -0.2) is 25.7 Å². The molecule has 0 atom stereocenters. The first-order chi connectivity index (χ1) is 5.66. The highest BCUT2D eigenvalue weighted by Gasteiger charge is 2.36. The zero-order valence-electron chi connectivity index (χ0n) is 7.85. The van der Waals surface area contributed by atoms with Crippen LogP contribution < -0.4 is 5.32 Å². The third-order valence-corrected chi connectivity index (χ3v) is 2.23. The molecule has 1 N–H and O–H groups in total. The van der Waals surface area contributed by atoms with Crippen molar-refractivity contribution in [2.45, 2.75) is 26.7 Å². The van der Waals surface area contributed by atoms with Crippen LogP contribution in [0.25, 0.3) is 0 Å². The lowest BCUT2D eigenvalue weighted by Gasteiger charge is -2.08. The molecule has 0 unspecified atom stereocenters. The molecule has 3 nitrogen and oxygen atoms in total. The van der Waals surface area contributed by atoms with Crippen molar-refractivity contribution in [3.8, 4) is 0 Å². The second-order valence-corrected chi connectivity index (χ2v) is 3.72. The number of rotatable bonds is 5. The maximum Gasteiger partial charge on any atom is 0.319 e. The van der Waals surface area contributed by atoms with Gasteiger partial charge in [0.1, 0.15) is 0 Å². The van der Waals surface area contributed by atoms with E-state index in [0.29, 0.717) is 18.6 Å². The minimum Gasteiger partial charge on any atom is -0.465 e. The van der Waals surface area contributed by atoms with Gasteiger partial charge in [-0.3, -0.25) is 4.79 Å².